The molecule has 0 amide bonds. The number of nitrogens with zero attached hydrogens (tertiary/aromatic N) is 3. The third-order valence-electron chi connectivity index (χ3n) is 2.54. The van der Waals surface area contributed by atoms with Gasteiger partial charge in [-0.3, -0.25) is 0 Å². The fraction of sp³-hybridized carbons (Fsp3) is 0.250. The first-order valence-electron chi connectivity index (χ1n) is 5.44. The summed E-state index contributed by atoms with van der Waals surface area (Å²) in [7, 11) is 0. The lowest BCUT2D eigenvalue weighted by Crippen LogP contribution is -2.03. The maximum Gasteiger partial charge on any atom is 0.153 e. The van der Waals surface area contributed by atoms with Gasteiger partial charge in [-0.05, 0) is 23.7 Å². The second-order valence-corrected chi connectivity index (χ2v) is 4.61. The second kappa shape index (κ2) is 4.72. The van der Waals surface area contributed by atoms with E-state index in [0.717, 1.165) is 29.5 Å². The summed E-state index contributed by atoms with van der Waals surface area (Å²) in [6.07, 6.45) is 0.226. The topological polar surface area (TPSA) is 71.3 Å². The molecule has 18 heavy (non-hydrogen) atoms. The Hall–Kier alpha value is -1.97. The van der Waals surface area contributed by atoms with Crippen LogP contribution in [0.25, 0.3) is 11.3 Å². The van der Waals surface area contributed by atoms with E-state index >= 15 is 0 Å². The van der Waals surface area contributed by atoms with E-state index in [-0.39, 0.29) is 6.10 Å². The molecule has 3 rings (SSSR count). The Morgan fingerprint density at radius 1 is 1.56 bits per heavy atom. The lowest BCUT2D eigenvalue weighted by atomic mass is 10.1. The Bertz CT molecular complexity index is 601. The lowest BCUT2D eigenvalue weighted by Gasteiger charge is -2.05. The lowest BCUT2D eigenvalue weighted by molar-refractivity contribution is 0.263. The van der Waals surface area contributed by atoms with Crippen LogP contribution in [-0.4, -0.2) is 28.9 Å². The van der Waals surface area contributed by atoms with Crippen LogP contribution in [0.2, 0.25) is 0 Å². The molecule has 5 nitrogen and oxygen atoms in total. The molecule has 1 atom stereocenters. The zero-order valence-corrected chi connectivity index (χ0v) is 10.2. The zero-order chi connectivity index (χ0) is 12.4. The quantitative estimate of drug-likeness (QED) is 0.784. The first-order chi connectivity index (χ1) is 8.86. The molecule has 0 radical (unpaired) electrons. The standard InChI is InChI=1S/C12H9N3O2S/c13-5-11-12(14-15-18-11)8-2-1-3-9(4-8)16-6-10-7-17-10/h1-4,10H,6-7H2. The molecule has 0 aliphatic carbocycles. The molecular weight excluding hydrogens is 250 g/mol. The first kappa shape index (κ1) is 11.1. The van der Waals surface area contributed by atoms with E-state index in [2.05, 4.69) is 15.7 Å². The Labute approximate surface area is 108 Å². The highest BCUT2D eigenvalue weighted by Crippen LogP contribution is 2.26. The van der Waals surface area contributed by atoms with E-state index in [9.17, 15) is 0 Å². The highest BCUT2D eigenvalue weighted by atomic mass is 32.1. The summed E-state index contributed by atoms with van der Waals surface area (Å²) in [6, 6.07) is 9.58. The van der Waals surface area contributed by atoms with Gasteiger partial charge in [0.15, 0.2) is 4.88 Å². The first-order valence-corrected chi connectivity index (χ1v) is 6.21. The van der Waals surface area contributed by atoms with Crippen LogP contribution in [0, 0.1) is 11.3 Å². The van der Waals surface area contributed by atoms with E-state index < -0.39 is 0 Å². The average molecular weight is 259 g/mol. The molecule has 1 aliphatic rings. The van der Waals surface area contributed by atoms with E-state index in [1.807, 2.05) is 24.3 Å². The minimum absolute atomic E-state index is 0.226. The largest absolute Gasteiger partial charge is 0.491 e. The molecule has 1 aliphatic heterocycles. The molecule has 1 fully saturated rings. The summed E-state index contributed by atoms with van der Waals surface area (Å²) in [5.41, 5.74) is 1.45. The third-order valence-corrected chi connectivity index (χ3v) is 3.17. The molecule has 0 spiro atoms. The number of epoxide rings is 1. The summed E-state index contributed by atoms with van der Waals surface area (Å²) < 4.78 is 14.5. The number of ether oxygens (including phenoxy) is 2. The third kappa shape index (κ3) is 2.32. The average Bonchev–Trinajstić information content (AvgIpc) is 3.12. The predicted molar refractivity (Wildman–Crippen MR) is 65.3 cm³/mol. The van der Waals surface area contributed by atoms with Crippen LogP contribution in [0.5, 0.6) is 5.75 Å². The van der Waals surface area contributed by atoms with Crippen molar-refractivity contribution in [2.45, 2.75) is 6.10 Å². The van der Waals surface area contributed by atoms with Gasteiger partial charge in [0.2, 0.25) is 0 Å². The van der Waals surface area contributed by atoms with Crippen LogP contribution in [-0.2, 0) is 4.74 Å². The molecule has 2 heterocycles. The van der Waals surface area contributed by atoms with Crippen LogP contribution < -0.4 is 4.74 Å². The molecule has 2 aromatic rings. The van der Waals surface area contributed by atoms with Gasteiger partial charge in [0.25, 0.3) is 0 Å². The van der Waals surface area contributed by atoms with Gasteiger partial charge in [0.1, 0.15) is 30.2 Å². The number of hydrogen-bond acceptors (Lipinski definition) is 6. The van der Waals surface area contributed by atoms with Gasteiger partial charge in [-0.25, -0.2) is 0 Å². The summed E-state index contributed by atoms with van der Waals surface area (Å²) in [4.78, 5) is 0.512. The predicted octanol–water partition coefficient (Wildman–Crippen LogP) is 1.85. The fourth-order valence-electron chi connectivity index (χ4n) is 1.54. The Balaban J connectivity index is 1.83. The van der Waals surface area contributed by atoms with Crippen molar-refractivity contribution in [1.29, 1.82) is 5.26 Å². The minimum Gasteiger partial charge on any atom is -0.491 e. The van der Waals surface area contributed by atoms with Gasteiger partial charge in [-0.2, -0.15) is 5.26 Å². The Morgan fingerprint density at radius 3 is 3.22 bits per heavy atom. The maximum atomic E-state index is 8.95. The molecule has 0 bridgehead atoms. The van der Waals surface area contributed by atoms with Crippen molar-refractivity contribution >= 4 is 11.5 Å². The second-order valence-electron chi connectivity index (χ2n) is 3.86. The molecular formula is C12H9N3O2S. The van der Waals surface area contributed by atoms with Gasteiger partial charge >= 0.3 is 0 Å². The SMILES string of the molecule is N#Cc1snnc1-c1cccc(OCC2CO2)c1. The highest BCUT2D eigenvalue weighted by molar-refractivity contribution is 7.06. The Kier molecular flexibility index (Phi) is 2.92. The summed E-state index contributed by atoms with van der Waals surface area (Å²) in [5, 5.41) is 12.9. The van der Waals surface area contributed by atoms with Crippen LogP contribution in [0.1, 0.15) is 4.88 Å². The monoisotopic (exact) mass is 259 g/mol. The molecule has 0 saturated carbocycles. The van der Waals surface area contributed by atoms with Gasteiger partial charge < -0.3 is 9.47 Å². The van der Waals surface area contributed by atoms with Crippen molar-refractivity contribution in [2.24, 2.45) is 0 Å². The molecule has 1 saturated heterocycles. The normalized spacial score (nSPS) is 17.2. The van der Waals surface area contributed by atoms with E-state index in [0.29, 0.717) is 17.2 Å². The van der Waals surface area contributed by atoms with E-state index in [1.165, 1.54) is 0 Å². The van der Waals surface area contributed by atoms with Crippen molar-refractivity contribution < 1.29 is 9.47 Å². The molecule has 1 unspecified atom stereocenters. The van der Waals surface area contributed by atoms with Crippen molar-refractivity contribution in [1.82, 2.24) is 9.59 Å². The molecule has 0 N–H and O–H groups in total. The van der Waals surface area contributed by atoms with Crippen LogP contribution >= 0.6 is 11.5 Å². The van der Waals surface area contributed by atoms with Crippen molar-refractivity contribution in [3.8, 4) is 23.1 Å². The number of rotatable bonds is 4. The number of hydrogen-bond donors (Lipinski definition) is 0. The van der Waals surface area contributed by atoms with Crippen LogP contribution in [0.15, 0.2) is 24.3 Å². The summed E-state index contributed by atoms with van der Waals surface area (Å²) in [6.45, 7) is 1.33. The van der Waals surface area contributed by atoms with Crippen molar-refractivity contribution in [2.75, 3.05) is 13.2 Å². The Morgan fingerprint density at radius 2 is 2.44 bits per heavy atom. The van der Waals surface area contributed by atoms with Gasteiger partial charge in [0.05, 0.1) is 6.61 Å². The van der Waals surface area contributed by atoms with Crippen LogP contribution in [0.3, 0.4) is 0 Å². The molecule has 1 aromatic carbocycles. The number of nitriles is 1. The van der Waals surface area contributed by atoms with Crippen LogP contribution in [0.4, 0.5) is 0 Å². The molecule has 6 heteroatoms. The fourth-order valence-corrected chi connectivity index (χ4v) is 2.03. The number of aromatic nitrogens is 2. The van der Waals surface area contributed by atoms with E-state index in [1.54, 1.807) is 0 Å². The van der Waals surface area contributed by atoms with Gasteiger partial charge in [0, 0.05) is 5.56 Å². The summed E-state index contributed by atoms with van der Waals surface area (Å²) in [5.74, 6) is 0.750. The minimum atomic E-state index is 0.226. The number of benzene rings is 1. The molecule has 90 valence electrons. The van der Waals surface area contributed by atoms with Crippen molar-refractivity contribution in [3.05, 3.63) is 29.1 Å². The summed E-state index contributed by atoms with van der Waals surface area (Å²) >= 11 is 1.10. The van der Waals surface area contributed by atoms with Gasteiger partial charge in [-0.1, -0.05) is 16.6 Å². The van der Waals surface area contributed by atoms with Gasteiger partial charge in [-0.15, -0.1) is 5.10 Å². The van der Waals surface area contributed by atoms with E-state index in [4.69, 9.17) is 14.7 Å². The maximum absolute atomic E-state index is 8.95. The highest BCUT2D eigenvalue weighted by Gasteiger charge is 2.23. The molecule has 1 aromatic heterocycles. The van der Waals surface area contributed by atoms with Crippen molar-refractivity contribution in [3.63, 3.8) is 0 Å². The smallest absolute Gasteiger partial charge is 0.153 e. The zero-order valence-electron chi connectivity index (χ0n) is 9.37.